The van der Waals surface area contributed by atoms with Crippen molar-refractivity contribution in [1.29, 1.82) is 0 Å². The van der Waals surface area contributed by atoms with E-state index < -0.39 is 0 Å². The van der Waals surface area contributed by atoms with E-state index in [9.17, 15) is 9.59 Å². The number of ether oxygens (including phenoxy) is 1. The predicted octanol–water partition coefficient (Wildman–Crippen LogP) is 1.18. The summed E-state index contributed by atoms with van der Waals surface area (Å²) in [6, 6.07) is 7.26. The SMILES string of the molecule is CCC1C(=O)NCCN1Cc1ccc(C(=O)OC)cc1. The van der Waals surface area contributed by atoms with Gasteiger partial charge >= 0.3 is 5.97 Å². The van der Waals surface area contributed by atoms with E-state index in [-0.39, 0.29) is 17.9 Å². The highest BCUT2D eigenvalue weighted by Crippen LogP contribution is 2.14. The molecular formula is C15H20N2O3. The first-order valence-corrected chi connectivity index (χ1v) is 6.84. The van der Waals surface area contributed by atoms with Crippen LogP contribution in [0, 0.1) is 0 Å². The molecule has 0 spiro atoms. The molecule has 1 fully saturated rings. The second-order valence-electron chi connectivity index (χ2n) is 4.87. The van der Waals surface area contributed by atoms with Crippen molar-refractivity contribution >= 4 is 11.9 Å². The predicted molar refractivity (Wildman–Crippen MR) is 75.3 cm³/mol. The number of methoxy groups -OCH3 is 1. The van der Waals surface area contributed by atoms with E-state index in [0.29, 0.717) is 18.7 Å². The molecule has 0 saturated carbocycles. The fourth-order valence-electron chi connectivity index (χ4n) is 2.49. The maximum atomic E-state index is 11.8. The number of carbonyl (C=O) groups excluding carboxylic acids is 2. The molecule has 1 amide bonds. The van der Waals surface area contributed by atoms with E-state index >= 15 is 0 Å². The summed E-state index contributed by atoms with van der Waals surface area (Å²) in [5, 5.41) is 2.89. The minimum atomic E-state index is -0.333. The van der Waals surface area contributed by atoms with Crippen LogP contribution in [-0.2, 0) is 16.1 Å². The minimum Gasteiger partial charge on any atom is -0.465 e. The molecule has 5 heteroatoms. The lowest BCUT2D eigenvalue weighted by Gasteiger charge is -2.34. The molecule has 5 nitrogen and oxygen atoms in total. The van der Waals surface area contributed by atoms with Gasteiger partial charge in [0.2, 0.25) is 5.91 Å². The van der Waals surface area contributed by atoms with Gasteiger partial charge < -0.3 is 10.1 Å². The Bertz CT molecular complexity index is 484. The Hall–Kier alpha value is -1.88. The monoisotopic (exact) mass is 276 g/mol. The number of nitrogens with zero attached hydrogens (tertiary/aromatic N) is 1. The first-order valence-electron chi connectivity index (χ1n) is 6.84. The molecule has 1 aromatic rings. The van der Waals surface area contributed by atoms with Crippen LogP contribution in [0.2, 0.25) is 0 Å². The van der Waals surface area contributed by atoms with Crippen molar-refractivity contribution in [3.05, 3.63) is 35.4 Å². The number of hydrogen-bond acceptors (Lipinski definition) is 4. The zero-order chi connectivity index (χ0) is 14.5. The Morgan fingerprint density at radius 3 is 2.70 bits per heavy atom. The smallest absolute Gasteiger partial charge is 0.337 e. The van der Waals surface area contributed by atoms with Crippen LogP contribution in [0.4, 0.5) is 0 Å². The molecule has 2 rings (SSSR count). The topological polar surface area (TPSA) is 58.6 Å². The summed E-state index contributed by atoms with van der Waals surface area (Å²) >= 11 is 0. The van der Waals surface area contributed by atoms with Crippen LogP contribution in [0.25, 0.3) is 0 Å². The van der Waals surface area contributed by atoms with Crippen LogP contribution in [0.5, 0.6) is 0 Å². The third-order valence-corrected chi connectivity index (χ3v) is 3.59. The fourth-order valence-corrected chi connectivity index (χ4v) is 2.49. The summed E-state index contributed by atoms with van der Waals surface area (Å²) < 4.78 is 4.67. The molecule has 1 N–H and O–H groups in total. The molecule has 1 aromatic carbocycles. The van der Waals surface area contributed by atoms with Gasteiger partial charge in [0.25, 0.3) is 0 Å². The molecule has 0 bridgehead atoms. The van der Waals surface area contributed by atoms with Crippen molar-refractivity contribution in [3.8, 4) is 0 Å². The number of esters is 1. The summed E-state index contributed by atoms with van der Waals surface area (Å²) in [5.41, 5.74) is 1.63. The Morgan fingerprint density at radius 1 is 1.40 bits per heavy atom. The molecule has 1 unspecified atom stereocenters. The van der Waals surface area contributed by atoms with Gasteiger partial charge in [-0.15, -0.1) is 0 Å². The summed E-state index contributed by atoms with van der Waals surface area (Å²) in [6.45, 7) is 4.27. The van der Waals surface area contributed by atoms with Gasteiger partial charge in [0.05, 0.1) is 18.7 Å². The fraction of sp³-hybridized carbons (Fsp3) is 0.467. The molecule has 1 aliphatic rings. The highest BCUT2D eigenvalue weighted by atomic mass is 16.5. The normalized spacial score (nSPS) is 19.5. The van der Waals surface area contributed by atoms with Crippen molar-refractivity contribution < 1.29 is 14.3 Å². The Morgan fingerprint density at radius 2 is 2.10 bits per heavy atom. The standard InChI is InChI=1S/C15H20N2O3/c1-3-13-14(18)16-8-9-17(13)10-11-4-6-12(7-5-11)15(19)20-2/h4-7,13H,3,8-10H2,1-2H3,(H,16,18). The number of rotatable bonds is 4. The van der Waals surface area contributed by atoms with Gasteiger partial charge in [-0.05, 0) is 24.1 Å². The van der Waals surface area contributed by atoms with Crippen LogP contribution >= 0.6 is 0 Å². The molecule has 0 radical (unpaired) electrons. The Labute approximate surface area is 118 Å². The highest BCUT2D eigenvalue weighted by Gasteiger charge is 2.27. The lowest BCUT2D eigenvalue weighted by atomic mass is 10.1. The zero-order valence-electron chi connectivity index (χ0n) is 11.9. The third-order valence-electron chi connectivity index (χ3n) is 3.59. The quantitative estimate of drug-likeness (QED) is 0.839. The van der Waals surface area contributed by atoms with E-state index in [1.54, 1.807) is 12.1 Å². The average molecular weight is 276 g/mol. The van der Waals surface area contributed by atoms with Crippen LogP contribution in [0.1, 0.15) is 29.3 Å². The van der Waals surface area contributed by atoms with E-state index in [1.807, 2.05) is 19.1 Å². The number of amides is 1. The van der Waals surface area contributed by atoms with E-state index in [2.05, 4.69) is 15.0 Å². The van der Waals surface area contributed by atoms with Crippen LogP contribution < -0.4 is 5.32 Å². The second kappa shape index (κ2) is 6.52. The zero-order valence-corrected chi connectivity index (χ0v) is 11.9. The van der Waals surface area contributed by atoms with E-state index in [0.717, 1.165) is 18.5 Å². The lowest BCUT2D eigenvalue weighted by Crippen LogP contribution is -2.54. The van der Waals surface area contributed by atoms with Crippen LogP contribution in [0.15, 0.2) is 24.3 Å². The van der Waals surface area contributed by atoms with Crippen molar-refractivity contribution in [1.82, 2.24) is 10.2 Å². The molecule has 1 saturated heterocycles. The van der Waals surface area contributed by atoms with Gasteiger partial charge in [0, 0.05) is 19.6 Å². The number of hydrogen-bond donors (Lipinski definition) is 1. The largest absolute Gasteiger partial charge is 0.465 e. The summed E-state index contributed by atoms with van der Waals surface area (Å²) in [5.74, 6) is -0.231. The number of carbonyl (C=O) groups is 2. The maximum absolute atomic E-state index is 11.8. The number of piperazine rings is 1. The van der Waals surface area contributed by atoms with Gasteiger partial charge in [-0.3, -0.25) is 9.69 Å². The third kappa shape index (κ3) is 3.17. The molecule has 0 aliphatic carbocycles. The first-order chi connectivity index (χ1) is 9.65. The summed E-state index contributed by atoms with van der Waals surface area (Å²) in [6.07, 6.45) is 0.798. The maximum Gasteiger partial charge on any atom is 0.337 e. The Balaban J connectivity index is 2.05. The van der Waals surface area contributed by atoms with Gasteiger partial charge in [-0.25, -0.2) is 4.79 Å². The number of benzene rings is 1. The number of nitrogens with one attached hydrogen (secondary N) is 1. The van der Waals surface area contributed by atoms with Gasteiger partial charge in [0.1, 0.15) is 0 Å². The van der Waals surface area contributed by atoms with Crippen molar-refractivity contribution in [2.75, 3.05) is 20.2 Å². The first kappa shape index (κ1) is 14.5. The molecule has 1 heterocycles. The van der Waals surface area contributed by atoms with E-state index in [1.165, 1.54) is 7.11 Å². The van der Waals surface area contributed by atoms with Crippen molar-refractivity contribution in [2.24, 2.45) is 0 Å². The summed E-state index contributed by atoms with van der Waals surface area (Å²) in [4.78, 5) is 25.3. The lowest BCUT2D eigenvalue weighted by molar-refractivity contribution is -0.129. The summed E-state index contributed by atoms with van der Waals surface area (Å²) in [7, 11) is 1.37. The van der Waals surface area contributed by atoms with Crippen molar-refractivity contribution in [3.63, 3.8) is 0 Å². The van der Waals surface area contributed by atoms with Gasteiger partial charge in [-0.1, -0.05) is 19.1 Å². The molecule has 1 aliphatic heterocycles. The van der Waals surface area contributed by atoms with Gasteiger partial charge in [-0.2, -0.15) is 0 Å². The molecule has 0 aromatic heterocycles. The molecule has 20 heavy (non-hydrogen) atoms. The molecule has 1 atom stereocenters. The molecule has 108 valence electrons. The van der Waals surface area contributed by atoms with E-state index in [4.69, 9.17) is 0 Å². The molecular weight excluding hydrogens is 256 g/mol. The average Bonchev–Trinajstić information content (AvgIpc) is 2.47. The van der Waals surface area contributed by atoms with Crippen LogP contribution in [0.3, 0.4) is 0 Å². The van der Waals surface area contributed by atoms with Gasteiger partial charge in [0.15, 0.2) is 0 Å². The van der Waals surface area contributed by atoms with Crippen molar-refractivity contribution in [2.45, 2.75) is 25.9 Å². The second-order valence-corrected chi connectivity index (χ2v) is 4.87. The minimum absolute atomic E-state index is 0.0657. The highest BCUT2D eigenvalue weighted by molar-refractivity contribution is 5.89. The van der Waals surface area contributed by atoms with Crippen LogP contribution in [-0.4, -0.2) is 43.0 Å². The Kier molecular flexibility index (Phi) is 4.74.